The summed E-state index contributed by atoms with van der Waals surface area (Å²) in [5.41, 5.74) is 0. The topological polar surface area (TPSA) is 3.24 Å². The van der Waals surface area contributed by atoms with Crippen molar-refractivity contribution in [3.8, 4) is 0 Å². The first-order valence-corrected chi connectivity index (χ1v) is 3.90. The average molecular weight is 143 g/mol. The third-order valence-electron chi connectivity index (χ3n) is 1.73. The maximum Gasteiger partial charge on any atom is 0.110 e. The molecule has 1 aliphatic heterocycles. The van der Waals surface area contributed by atoms with Crippen LogP contribution in [-0.4, -0.2) is 24.5 Å². The maximum absolute atomic E-state index is 12.6. The van der Waals surface area contributed by atoms with E-state index in [1.54, 1.807) is 6.08 Å². The second-order valence-electron chi connectivity index (χ2n) is 2.72. The minimum atomic E-state index is 0.0414. The largest absolute Gasteiger partial charge is 0.296 e. The average Bonchev–Trinajstić information content (AvgIpc) is 1.88. The van der Waals surface area contributed by atoms with Gasteiger partial charge in [-0.25, -0.2) is 4.39 Å². The van der Waals surface area contributed by atoms with Crippen molar-refractivity contribution in [3.63, 3.8) is 0 Å². The van der Waals surface area contributed by atoms with Gasteiger partial charge in [0.25, 0.3) is 0 Å². The van der Waals surface area contributed by atoms with Gasteiger partial charge in [-0.15, -0.1) is 0 Å². The van der Waals surface area contributed by atoms with E-state index >= 15 is 0 Å². The zero-order valence-corrected chi connectivity index (χ0v) is 6.44. The third kappa shape index (κ3) is 2.10. The second kappa shape index (κ2) is 3.71. The second-order valence-corrected chi connectivity index (χ2v) is 2.72. The van der Waals surface area contributed by atoms with Crippen molar-refractivity contribution < 1.29 is 4.39 Å². The molecule has 0 aromatic rings. The summed E-state index contributed by atoms with van der Waals surface area (Å²) >= 11 is 0. The lowest BCUT2D eigenvalue weighted by molar-refractivity contribution is 0.267. The fourth-order valence-corrected chi connectivity index (χ4v) is 1.27. The van der Waals surface area contributed by atoms with Crippen LogP contribution in [0.1, 0.15) is 19.8 Å². The highest BCUT2D eigenvalue weighted by molar-refractivity contribution is 4.98. The fourth-order valence-electron chi connectivity index (χ4n) is 1.27. The summed E-state index contributed by atoms with van der Waals surface area (Å²) in [6, 6.07) is 0. The molecular formula is C8H14FN. The van der Waals surface area contributed by atoms with Crippen LogP contribution in [0.5, 0.6) is 0 Å². The quantitative estimate of drug-likeness (QED) is 0.571. The number of hydrogen-bond donors (Lipinski definition) is 0. The Morgan fingerprint density at radius 3 is 3.10 bits per heavy atom. The normalized spacial score (nSPS) is 20.8. The van der Waals surface area contributed by atoms with Crippen LogP contribution < -0.4 is 0 Å². The molecule has 2 heteroatoms. The van der Waals surface area contributed by atoms with Gasteiger partial charge in [0.1, 0.15) is 5.83 Å². The number of halogens is 1. The van der Waals surface area contributed by atoms with Crippen LogP contribution in [0.4, 0.5) is 4.39 Å². The molecule has 0 bridgehead atoms. The zero-order valence-electron chi connectivity index (χ0n) is 6.44. The van der Waals surface area contributed by atoms with E-state index in [-0.39, 0.29) is 5.83 Å². The summed E-state index contributed by atoms with van der Waals surface area (Å²) in [5.74, 6) is 0.0414. The highest BCUT2D eigenvalue weighted by Gasteiger charge is 2.09. The Labute approximate surface area is 61.5 Å². The van der Waals surface area contributed by atoms with Gasteiger partial charge < -0.3 is 0 Å². The van der Waals surface area contributed by atoms with Gasteiger partial charge in [-0.2, -0.15) is 0 Å². The van der Waals surface area contributed by atoms with E-state index in [2.05, 4.69) is 11.8 Å². The molecule has 1 rings (SSSR count). The van der Waals surface area contributed by atoms with Crippen molar-refractivity contribution in [3.05, 3.63) is 11.9 Å². The summed E-state index contributed by atoms with van der Waals surface area (Å²) in [6.07, 6.45) is 3.69. The number of nitrogens with zero attached hydrogens (tertiary/aromatic N) is 1. The molecule has 0 saturated carbocycles. The highest BCUT2D eigenvalue weighted by Crippen LogP contribution is 2.09. The molecule has 0 unspecified atom stereocenters. The Morgan fingerprint density at radius 1 is 1.70 bits per heavy atom. The van der Waals surface area contributed by atoms with E-state index in [4.69, 9.17) is 0 Å². The van der Waals surface area contributed by atoms with Gasteiger partial charge in [0.2, 0.25) is 0 Å². The van der Waals surface area contributed by atoms with Crippen molar-refractivity contribution in [1.82, 2.24) is 4.90 Å². The Bertz CT molecular complexity index is 131. The Kier molecular flexibility index (Phi) is 2.87. The van der Waals surface area contributed by atoms with Gasteiger partial charge >= 0.3 is 0 Å². The van der Waals surface area contributed by atoms with Crippen LogP contribution in [0.25, 0.3) is 0 Å². The molecule has 0 atom stereocenters. The third-order valence-corrected chi connectivity index (χ3v) is 1.73. The van der Waals surface area contributed by atoms with Crippen LogP contribution in [0, 0.1) is 0 Å². The number of rotatable bonds is 2. The lowest BCUT2D eigenvalue weighted by atomic mass is 10.2. The molecule has 0 saturated heterocycles. The van der Waals surface area contributed by atoms with Crippen molar-refractivity contribution in [1.29, 1.82) is 0 Å². The molecule has 0 fully saturated rings. The van der Waals surface area contributed by atoms with Crippen molar-refractivity contribution in [2.45, 2.75) is 19.8 Å². The summed E-state index contributed by atoms with van der Waals surface area (Å²) in [7, 11) is 0. The summed E-state index contributed by atoms with van der Waals surface area (Å²) in [5, 5.41) is 0. The predicted octanol–water partition coefficient (Wildman–Crippen LogP) is 1.96. The summed E-state index contributed by atoms with van der Waals surface area (Å²) < 4.78 is 12.6. The van der Waals surface area contributed by atoms with Gasteiger partial charge in [-0.05, 0) is 19.4 Å². The fraction of sp³-hybridized carbons (Fsp3) is 0.750. The molecule has 1 aliphatic rings. The van der Waals surface area contributed by atoms with Crippen LogP contribution in [0.15, 0.2) is 11.9 Å². The maximum atomic E-state index is 12.6. The first-order valence-electron chi connectivity index (χ1n) is 3.90. The summed E-state index contributed by atoms with van der Waals surface area (Å²) in [4.78, 5) is 2.15. The van der Waals surface area contributed by atoms with E-state index in [0.29, 0.717) is 6.54 Å². The number of hydrogen-bond acceptors (Lipinski definition) is 1. The molecule has 58 valence electrons. The molecule has 0 amide bonds. The van der Waals surface area contributed by atoms with Gasteiger partial charge in [0.05, 0.1) is 0 Å². The Morgan fingerprint density at radius 2 is 2.50 bits per heavy atom. The lowest BCUT2D eigenvalue weighted by Crippen LogP contribution is -2.29. The molecule has 0 aliphatic carbocycles. The van der Waals surface area contributed by atoms with Crippen molar-refractivity contribution in [2.75, 3.05) is 19.6 Å². The highest BCUT2D eigenvalue weighted by atomic mass is 19.1. The minimum Gasteiger partial charge on any atom is -0.296 e. The first kappa shape index (κ1) is 7.73. The molecule has 0 radical (unpaired) electrons. The molecule has 0 N–H and O–H groups in total. The van der Waals surface area contributed by atoms with E-state index in [0.717, 1.165) is 25.9 Å². The van der Waals surface area contributed by atoms with Gasteiger partial charge in [-0.3, -0.25) is 4.90 Å². The SMILES string of the molecule is CCCN1CCC=C(F)C1. The van der Waals surface area contributed by atoms with E-state index in [1.807, 2.05) is 0 Å². The molecular weight excluding hydrogens is 129 g/mol. The molecule has 10 heavy (non-hydrogen) atoms. The van der Waals surface area contributed by atoms with Gasteiger partial charge in [-0.1, -0.05) is 13.0 Å². The van der Waals surface area contributed by atoms with E-state index in [9.17, 15) is 4.39 Å². The van der Waals surface area contributed by atoms with Gasteiger partial charge in [0, 0.05) is 13.1 Å². The molecule has 0 aromatic carbocycles. The van der Waals surface area contributed by atoms with Crippen LogP contribution >= 0.6 is 0 Å². The zero-order chi connectivity index (χ0) is 7.40. The van der Waals surface area contributed by atoms with Crippen molar-refractivity contribution in [2.24, 2.45) is 0 Å². The first-order chi connectivity index (χ1) is 4.83. The van der Waals surface area contributed by atoms with Crippen LogP contribution in [-0.2, 0) is 0 Å². The monoisotopic (exact) mass is 143 g/mol. The molecule has 1 heterocycles. The molecule has 0 aromatic heterocycles. The standard InChI is InChI=1S/C8H14FN/c1-2-5-10-6-3-4-8(9)7-10/h4H,2-3,5-7H2,1H3. The van der Waals surface area contributed by atoms with Crippen LogP contribution in [0.2, 0.25) is 0 Å². The predicted molar refractivity (Wildman–Crippen MR) is 40.5 cm³/mol. The molecule has 0 spiro atoms. The van der Waals surface area contributed by atoms with E-state index in [1.165, 1.54) is 0 Å². The minimum absolute atomic E-state index is 0.0414. The molecule has 1 nitrogen and oxygen atoms in total. The summed E-state index contributed by atoms with van der Waals surface area (Å²) in [6.45, 7) is 4.71. The smallest absolute Gasteiger partial charge is 0.110 e. The van der Waals surface area contributed by atoms with E-state index < -0.39 is 0 Å². The lowest BCUT2D eigenvalue weighted by Gasteiger charge is -2.23. The Hall–Kier alpha value is -0.370. The van der Waals surface area contributed by atoms with Crippen molar-refractivity contribution >= 4 is 0 Å². The Balaban J connectivity index is 2.30. The van der Waals surface area contributed by atoms with Crippen LogP contribution in [0.3, 0.4) is 0 Å². The van der Waals surface area contributed by atoms with Gasteiger partial charge in [0.15, 0.2) is 0 Å².